The molecule has 0 bridgehead atoms. The summed E-state index contributed by atoms with van der Waals surface area (Å²) in [5, 5.41) is 9.37. The molecule has 220 valence electrons. The Morgan fingerprint density at radius 3 is 2.23 bits per heavy atom. The molecule has 0 radical (unpaired) electrons. The standard InChI is InChI=1S/C34H49NO2.C3H6/c1-30(2)24(22-8-10-23(11-9-22)29(36)37)14-17-31(3)27(30)15-18-33(5)28(31)13-12-25-26-7-6-16-34(26,21-35)20-19-32(25,33)4;1-3-2/h8-11,14,25-28H,6-7,12-13,15-21,35H2,1-5H3,(H,36,37);3H,1H2,2H3/t25?,26?,27?,28?,31?,32-,33?,34?;/m1./s1. The fourth-order valence-electron chi connectivity index (χ4n) is 11.9. The molecule has 1 aromatic carbocycles. The molecule has 0 amide bonds. The minimum absolute atomic E-state index is 0.0730. The molecule has 1 aromatic rings. The number of hydrogen-bond acceptors (Lipinski definition) is 2. The largest absolute Gasteiger partial charge is 0.478 e. The smallest absolute Gasteiger partial charge is 0.335 e. The number of aromatic carboxylic acids is 1. The van der Waals surface area contributed by atoms with Crippen LogP contribution in [0.1, 0.15) is 122 Å². The first-order valence-corrected chi connectivity index (χ1v) is 16.2. The topological polar surface area (TPSA) is 63.3 Å². The summed E-state index contributed by atoms with van der Waals surface area (Å²) in [7, 11) is 0. The van der Waals surface area contributed by atoms with Gasteiger partial charge in [-0.25, -0.2) is 4.79 Å². The van der Waals surface area contributed by atoms with Crippen LogP contribution in [0.4, 0.5) is 0 Å². The van der Waals surface area contributed by atoms with E-state index in [0.29, 0.717) is 33.1 Å². The van der Waals surface area contributed by atoms with Crippen LogP contribution in [0.5, 0.6) is 0 Å². The van der Waals surface area contributed by atoms with Crippen LogP contribution in [0.3, 0.4) is 0 Å². The van der Waals surface area contributed by atoms with Gasteiger partial charge in [-0.05, 0) is 145 Å². The molecule has 0 heterocycles. The zero-order valence-electron chi connectivity index (χ0n) is 26.2. The second-order valence-electron chi connectivity index (χ2n) is 15.6. The zero-order valence-corrected chi connectivity index (χ0v) is 26.2. The Morgan fingerprint density at radius 2 is 1.60 bits per heavy atom. The molecule has 5 aliphatic rings. The highest BCUT2D eigenvalue weighted by Crippen LogP contribution is 2.76. The van der Waals surface area contributed by atoms with Gasteiger partial charge in [-0.3, -0.25) is 0 Å². The van der Waals surface area contributed by atoms with Crippen molar-refractivity contribution in [1.82, 2.24) is 0 Å². The van der Waals surface area contributed by atoms with Gasteiger partial charge in [-0.15, -0.1) is 6.58 Å². The van der Waals surface area contributed by atoms with E-state index in [1.165, 1.54) is 68.9 Å². The molecule has 0 saturated heterocycles. The maximum Gasteiger partial charge on any atom is 0.335 e. The molecule has 6 rings (SSSR count). The van der Waals surface area contributed by atoms with E-state index < -0.39 is 5.97 Å². The van der Waals surface area contributed by atoms with Crippen LogP contribution >= 0.6 is 0 Å². The average molecular weight is 546 g/mol. The van der Waals surface area contributed by atoms with Crippen LogP contribution < -0.4 is 5.73 Å². The third kappa shape index (κ3) is 4.03. The molecular formula is C37H55NO2. The van der Waals surface area contributed by atoms with E-state index in [1.807, 2.05) is 19.1 Å². The predicted octanol–water partition coefficient (Wildman–Crippen LogP) is 9.38. The van der Waals surface area contributed by atoms with E-state index in [4.69, 9.17) is 5.73 Å². The van der Waals surface area contributed by atoms with E-state index in [2.05, 4.69) is 47.3 Å². The van der Waals surface area contributed by atoms with Crippen LogP contribution in [0, 0.1) is 50.7 Å². The summed E-state index contributed by atoms with van der Waals surface area (Å²) in [6.07, 6.45) is 17.8. The molecule has 40 heavy (non-hydrogen) atoms. The lowest BCUT2D eigenvalue weighted by Gasteiger charge is -2.72. The SMILES string of the molecule is C=CC.CC1(C)C(c2ccc(C(=O)O)cc2)=CCC2(C)C1CCC1(C)C2CCC2C3CCCC3(CN)CC[C@]21C. The monoisotopic (exact) mass is 545 g/mol. The van der Waals surface area contributed by atoms with E-state index in [-0.39, 0.29) is 5.41 Å². The number of rotatable bonds is 3. The Labute approximate surface area is 244 Å². The van der Waals surface area contributed by atoms with Crippen molar-refractivity contribution in [2.75, 3.05) is 6.54 Å². The first kappa shape index (κ1) is 29.6. The van der Waals surface area contributed by atoms with Crippen molar-refractivity contribution in [3.05, 3.63) is 54.1 Å². The summed E-state index contributed by atoms with van der Waals surface area (Å²) in [5.41, 5.74) is 11.1. The molecule has 0 spiro atoms. The summed E-state index contributed by atoms with van der Waals surface area (Å²) in [6.45, 7) is 19.2. The van der Waals surface area contributed by atoms with Gasteiger partial charge in [0.05, 0.1) is 5.56 Å². The van der Waals surface area contributed by atoms with Gasteiger partial charge in [0, 0.05) is 0 Å². The van der Waals surface area contributed by atoms with Crippen LogP contribution in [0.15, 0.2) is 43.0 Å². The van der Waals surface area contributed by atoms with Crippen molar-refractivity contribution in [2.24, 2.45) is 56.5 Å². The molecule has 3 heteroatoms. The average Bonchev–Trinajstić information content (AvgIpc) is 3.34. The highest BCUT2D eigenvalue weighted by molar-refractivity contribution is 5.88. The zero-order chi connectivity index (χ0) is 29.1. The molecule has 8 atom stereocenters. The first-order valence-electron chi connectivity index (χ1n) is 16.2. The van der Waals surface area contributed by atoms with E-state index in [1.54, 1.807) is 18.2 Å². The number of carbonyl (C=O) groups is 1. The third-order valence-corrected chi connectivity index (χ3v) is 14.0. The van der Waals surface area contributed by atoms with Crippen LogP contribution in [0.2, 0.25) is 0 Å². The number of benzene rings is 1. The van der Waals surface area contributed by atoms with Crippen molar-refractivity contribution >= 4 is 11.5 Å². The van der Waals surface area contributed by atoms with Crippen LogP contribution in [0.25, 0.3) is 5.57 Å². The van der Waals surface area contributed by atoms with Gasteiger partial charge in [-0.2, -0.15) is 0 Å². The molecule has 5 aliphatic carbocycles. The van der Waals surface area contributed by atoms with E-state index in [9.17, 15) is 9.90 Å². The lowest BCUT2D eigenvalue weighted by molar-refractivity contribution is -0.221. The summed E-state index contributed by atoms with van der Waals surface area (Å²) in [6, 6.07) is 7.62. The van der Waals surface area contributed by atoms with Crippen molar-refractivity contribution < 1.29 is 9.90 Å². The Morgan fingerprint density at radius 1 is 0.925 bits per heavy atom. The lowest BCUT2D eigenvalue weighted by atomic mass is 9.32. The van der Waals surface area contributed by atoms with Gasteiger partial charge in [0.25, 0.3) is 0 Å². The Hall–Kier alpha value is -1.87. The van der Waals surface area contributed by atoms with Crippen molar-refractivity contribution in [3.63, 3.8) is 0 Å². The molecule has 0 aromatic heterocycles. The van der Waals surface area contributed by atoms with E-state index >= 15 is 0 Å². The molecule has 4 fully saturated rings. The maximum absolute atomic E-state index is 11.4. The molecule has 3 N–H and O–H groups in total. The minimum Gasteiger partial charge on any atom is -0.478 e. The normalized spacial score (nSPS) is 43.0. The molecule has 0 aliphatic heterocycles. The summed E-state index contributed by atoms with van der Waals surface area (Å²) >= 11 is 0. The number of carboxylic acids is 1. The fourth-order valence-corrected chi connectivity index (χ4v) is 11.9. The number of hydrogen-bond donors (Lipinski definition) is 2. The second kappa shape index (κ2) is 10.1. The summed E-state index contributed by atoms with van der Waals surface area (Å²) in [4.78, 5) is 11.4. The Kier molecular flexibility index (Phi) is 7.51. The van der Waals surface area contributed by atoms with E-state index in [0.717, 1.165) is 30.7 Å². The molecule has 3 nitrogen and oxygen atoms in total. The van der Waals surface area contributed by atoms with Crippen LogP contribution in [-0.2, 0) is 0 Å². The number of carboxylic acid groups (broad SMARTS) is 1. The number of allylic oxidation sites excluding steroid dienone is 3. The first-order chi connectivity index (χ1) is 18.8. The second-order valence-corrected chi connectivity index (χ2v) is 15.6. The predicted molar refractivity (Wildman–Crippen MR) is 167 cm³/mol. The van der Waals surface area contributed by atoms with Gasteiger partial charge in [0.2, 0.25) is 0 Å². The maximum atomic E-state index is 11.4. The Bertz CT molecular complexity index is 1170. The fraction of sp³-hybridized carbons (Fsp3) is 0.703. The van der Waals surface area contributed by atoms with Gasteiger partial charge < -0.3 is 10.8 Å². The van der Waals surface area contributed by atoms with Crippen molar-refractivity contribution in [3.8, 4) is 0 Å². The Balaban J connectivity index is 0.00000103. The quantitative estimate of drug-likeness (QED) is 0.372. The third-order valence-electron chi connectivity index (χ3n) is 14.0. The number of nitrogens with two attached hydrogens (primary N) is 1. The highest BCUT2D eigenvalue weighted by Gasteiger charge is 2.69. The minimum atomic E-state index is -0.851. The van der Waals surface area contributed by atoms with Crippen molar-refractivity contribution in [2.45, 2.75) is 106 Å². The molecular weight excluding hydrogens is 490 g/mol. The van der Waals surface area contributed by atoms with Crippen LogP contribution in [-0.4, -0.2) is 17.6 Å². The lowest BCUT2D eigenvalue weighted by Crippen LogP contribution is -2.65. The van der Waals surface area contributed by atoms with Gasteiger partial charge in [0.15, 0.2) is 0 Å². The number of fused-ring (bicyclic) bond motifs is 7. The molecule has 4 saturated carbocycles. The van der Waals surface area contributed by atoms with Gasteiger partial charge in [-0.1, -0.05) is 65.3 Å². The summed E-state index contributed by atoms with van der Waals surface area (Å²) < 4.78 is 0. The highest BCUT2D eigenvalue weighted by atomic mass is 16.4. The van der Waals surface area contributed by atoms with Gasteiger partial charge in [0.1, 0.15) is 0 Å². The van der Waals surface area contributed by atoms with Gasteiger partial charge >= 0.3 is 5.97 Å². The summed E-state index contributed by atoms with van der Waals surface area (Å²) in [5.74, 6) is 2.26. The van der Waals surface area contributed by atoms with Crippen molar-refractivity contribution in [1.29, 1.82) is 0 Å². The molecule has 7 unspecified atom stereocenters.